The molecule has 0 atom stereocenters. The van der Waals surface area contributed by atoms with E-state index >= 15 is 0 Å². The van der Waals surface area contributed by atoms with Gasteiger partial charge in [0.05, 0.1) is 0 Å². The Kier molecular flexibility index (Phi) is 4.71. The lowest BCUT2D eigenvalue weighted by molar-refractivity contribution is 0.570. The predicted octanol–water partition coefficient (Wildman–Crippen LogP) is 4.90. The second kappa shape index (κ2) is 6.10. The molecule has 1 saturated carbocycles. The van der Waals surface area contributed by atoms with Gasteiger partial charge in [-0.05, 0) is 55.4 Å². The highest BCUT2D eigenvalue weighted by atomic mass is 79.9. The van der Waals surface area contributed by atoms with Gasteiger partial charge < -0.3 is 4.90 Å². The van der Waals surface area contributed by atoms with Crippen LogP contribution >= 0.6 is 15.9 Å². The molecule has 0 aromatic heterocycles. The highest BCUT2D eigenvalue weighted by molar-refractivity contribution is 9.08. The van der Waals surface area contributed by atoms with Crippen LogP contribution in [0.4, 0.5) is 5.69 Å². The summed E-state index contributed by atoms with van der Waals surface area (Å²) >= 11 is 3.55. The molecule has 0 spiro atoms. The molecular formula is C16H24BrN. The van der Waals surface area contributed by atoms with Crippen LogP contribution in [0.25, 0.3) is 0 Å². The lowest BCUT2D eigenvalue weighted by atomic mass is 10.1. The third kappa shape index (κ3) is 3.50. The lowest BCUT2D eigenvalue weighted by Crippen LogP contribution is -2.27. The summed E-state index contributed by atoms with van der Waals surface area (Å²) in [4.78, 5) is 2.62. The Morgan fingerprint density at radius 3 is 2.56 bits per heavy atom. The molecule has 0 heterocycles. The van der Waals surface area contributed by atoms with Gasteiger partial charge in [0, 0.05) is 23.6 Å². The van der Waals surface area contributed by atoms with E-state index in [-0.39, 0.29) is 0 Å². The van der Waals surface area contributed by atoms with Crippen LogP contribution in [0.1, 0.15) is 44.2 Å². The third-order valence-electron chi connectivity index (χ3n) is 3.74. The number of rotatable bonds is 6. The van der Waals surface area contributed by atoms with Crippen molar-refractivity contribution in [3.63, 3.8) is 0 Å². The molecule has 0 N–H and O–H groups in total. The topological polar surface area (TPSA) is 3.24 Å². The maximum absolute atomic E-state index is 3.55. The smallest absolute Gasteiger partial charge is 0.0371 e. The number of halogens is 1. The second-order valence-electron chi connectivity index (χ2n) is 5.85. The van der Waals surface area contributed by atoms with Gasteiger partial charge in [-0.15, -0.1) is 0 Å². The van der Waals surface area contributed by atoms with E-state index in [0.29, 0.717) is 0 Å². The van der Waals surface area contributed by atoms with Gasteiger partial charge in [0.2, 0.25) is 0 Å². The number of anilines is 1. The highest BCUT2D eigenvalue weighted by Crippen LogP contribution is 2.33. The summed E-state index contributed by atoms with van der Waals surface area (Å²) in [6.07, 6.45) is 4.03. The van der Waals surface area contributed by atoms with Crippen LogP contribution in [0, 0.1) is 12.8 Å². The van der Waals surface area contributed by atoms with E-state index in [1.54, 1.807) is 0 Å². The Morgan fingerprint density at radius 2 is 2.06 bits per heavy atom. The summed E-state index contributed by atoms with van der Waals surface area (Å²) < 4.78 is 0. The Hall–Kier alpha value is -0.500. The molecule has 0 aliphatic heterocycles. The van der Waals surface area contributed by atoms with E-state index in [1.807, 2.05) is 0 Å². The molecule has 0 radical (unpaired) electrons. The van der Waals surface area contributed by atoms with Gasteiger partial charge >= 0.3 is 0 Å². The molecule has 1 fully saturated rings. The monoisotopic (exact) mass is 309 g/mol. The third-order valence-corrected chi connectivity index (χ3v) is 4.34. The van der Waals surface area contributed by atoms with Crippen LogP contribution in [-0.4, -0.2) is 12.6 Å². The Morgan fingerprint density at radius 1 is 1.33 bits per heavy atom. The number of hydrogen-bond acceptors (Lipinski definition) is 1. The quantitative estimate of drug-likeness (QED) is 0.675. The fourth-order valence-electron chi connectivity index (χ4n) is 2.31. The van der Waals surface area contributed by atoms with E-state index in [9.17, 15) is 0 Å². The van der Waals surface area contributed by atoms with Gasteiger partial charge in [-0.3, -0.25) is 0 Å². The van der Waals surface area contributed by atoms with Crippen molar-refractivity contribution in [2.75, 3.05) is 11.4 Å². The lowest BCUT2D eigenvalue weighted by Gasteiger charge is -2.26. The molecule has 2 rings (SSSR count). The summed E-state index contributed by atoms with van der Waals surface area (Å²) in [5.41, 5.74) is 4.22. The van der Waals surface area contributed by atoms with Crippen molar-refractivity contribution in [3.8, 4) is 0 Å². The minimum atomic E-state index is 0.786. The van der Waals surface area contributed by atoms with E-state index in [1.165, 1.54) is 42.6 Å². The van der Waals surface area contributed by atoms with Crippen LogP contribution in [0.15, 0.2) is 18.2 Å². The largest absolute Gasteiger partial charge is 0.369 e. The number of alkyl halides is 1. The zero-order valence-corrected chi connectivity index (χ0v) is 13.3. The first-order valence-corrected chi connectivity index (χ1v) is 8.16. The Balaban J connectivity index is 2.12. The van der Waals surface area contributed by atoms with Gasteiger partial charge in [-0.2, -0.15) is 0 Å². The first-order valence-electron chi connectivity index (χ1n) is 7.04. The summed E-state index contributed by atoms with van der Waals surface area (Å²) in [7, 11) is 0. The first kappa shape index (κ1) is 13.9. The molecule has 1 aromatic carbocycles. The van der Waals surface area contributed by atoms with Crippen molar-refractivity contribution in [1.82, 2.24) is 0 Å². The molecule has 2 heteroatoms. The van der Waals surface area contributed by atoms with E-state index in [4.69, 9.17) is 0 Å². The van der Waals surface area contributed by atoms with Gasteiger partial charge in [0.25, 0.3) is 0 Å². The summed E-state index contributed by atoms with van der Waals surface area (Å²) in [6, 6.07) is 7.72. The van der Waals surface area contributed by atoms with Crippen LogP contribution < -0.4 is 4.90 Å². The molecule has 0 amide bonds. The average Bonchev–Trinajstić information content (AvgIpc) is 3.13. The summed E-state index contributed by atoms with van der Waals surface area (Å²) in [5.74, 6) is 0.786. The van der Waals surface area contributed by atoms with Crippen LogP contribution in [0.5, 0.6) is 0 Å². The average molecular weight is 310 g/mol. The number of benzene rings is 1. The molecule has 1 aliphatic carbocycles. The van der Waals surface area contributed by atoms with Crippen LogP contribution in [-0.2, 0) is 5.33 Å². The molecule has 0 unspecified atom stereocenters. The van der Waals surface area contributed by atoms with Crippen LogP contribution in [0.2, 0.25) is 0 Å². The summed E-state index contributed by atoms with van der Waals surface area (Å²) in [6.45, 7) is 8.04. The fourth-order valence-corrected chi connectivity index (χ4v) is 2.94. The maximum atomic E-state index is 3.55. The molecule has 18 heavy (non-hydrogen) atoms. The molecule has 0 saturated heterocycles. The van der Waals surface area contributed by atoms with Gasteiger partial charge in [0.1, 0.15) is 0 Å². The minimum absolute atomic E-state index is 0.786. The molecule has 0 bridgehead atoms. The normalized spacial score (nSPS) is 15.2. The number of aryl methyl sites for hydroxylation is 1. The van der Waals surface area contributed by atoms with Crippen molar-refractivity contribution < 1.29 is 0 Å². The van der Waals surface area contributed by atoms with Gasteiger partial charge in [-0.1, -0.05) is 35.8 Å². The number of hydrogen-bond donors (Lipinski definition) is 0. The van der Waals surface area contributed by atoms with Crippen molar-refractivity contribution >= 4 is 21.6 Å². The second-order valence-corrected chi connectivity index (χ2v) is 6.41. The molecule has 1 nitrogen and oxygen atoms in total. The zero-order chi connectivity index (χ0) is 13.1. The zero-order valence-electron chi connectivity index (χ0n) is 11.7. The first-order chi connectivity index (χ1) is 8.61. The molecule has 100 valence electrons. The predicted molar refractivity (Wildman–Crippen MR) is 83.6 cm³/mol. The SMILES string of the molecule is Cc1cc(N(CCC(C)C)C2CC2)ccc1CBr. The van der Waals surface area contributed by atoms with E-state index in [0.717, 1.165) is 17.3 Å². The van der Waals surface area contributed by atoms with E-state index < -0.39 is 0 Å². The molecule has 1 aromatic rings. The van der Waals surface area contributed by atoms with Crippen molar-refractivity contribution in [1.29, 1.82) is 0 Å². The maximum Gasteiger partial charge on any atom is 0.0371 e. The van der Waals surface area contributed by atoms with Gasteiger partial charge in [0.15, 0.2) is 0 Å². The fraction of sp³-hybridized carbons (Fsp3) is 0.625. The van der Waals surface area contributed by atoms with Crippen LogP contribution in [0.3, 0.4) is 0 Å². The minimum Gasteiger partial charge on any atom is -0.369 e. The van der Waals surface area contributed by atoms with Crippen molar-refractivity contribution in [2.24, 2.45) is 5.92 Å². The van der Waals surface area contributed by atoms with Gasteiger partial charge in [-0.25, -0.2) is 0 Å². The van der Waals surface area contributed by atoms with Crippen molar-refractivity contribution in [2.45, 2.75) is 51.4 Å². The molecule has 1 aliphatic rings. The Bertz CT molecular complexity index is 396. The molecular weight excluding hydrogens is 286 g/mol. The Labute approximate surface area is 120 Å². The standard InChI is InChI=1S/C16H24BrN/c1-12(2)8-9-18(15-6-7-15)16-5-4-14(11-17)13(3)10-16/h4-5,10,12,15H,6-9,11H2,1-3H3. The highest BCUT2D eigenvalue weighted by Gasteiger charge is 2.29. The van der Waals surface area contributed by atoms with Crippen molar-refractivity contribution in [3.05, 3.63) is 29.3 Å². The number of nitrogens with zero attached hydrogens (tertiary/aromatic N) is 1. The van der Waals surface area contributed by atoms with E-state index in [2.05, 4.69) is 59.8 Å². The summed E-state index contributed by atoms with van der Waals surface area (Å²) in [5, 5.41) is 0.953.